The maximum Gasteiger partial charge on any atom is 0.252 e. The van der Waals surface area contributed by atoms with Crippen LogP contribution in [0.4, 0.5) is 0 Å². The van der Waals surface area contributed by atoms with E-state index in [9.17, 15) is 9.59 Å². The van der Waals surface area contributed by atoms with Crippen LogP contribution in [0.5, 0.6) is 0 Å². The van der Waals surface area contributed by atoms with Gasteiger partial charge in [0.1, 0.15) is 0 Å². The van der Waals surface area contributed by atoms with Crippen molar-refractivity contribution in [1.29, 1.82) is 0 Å². The van der Waals surface area contributed by atoms with Gasteiger partial charge in [-0.2, -0.15) is 0 Å². The largest absolute Gasteiger partial charge is 0.345 e. The first-order valence-electron chi connectivity index (χ1n) is 8.70. The number of carbonyl (C=O) groups is 1. The van der Waals surface area contributed by atoms with Gasteiger partial charge in [0.15, 0.2) is 0 Å². The number of pyridine rings is 1. The first kappa shape index (κ1) is 17.7. The SMILES string of the molecule is CCc1cc(C(=O)NC(CCn2ccnc2)c2ccccc2)cc(=O)[nH]1. The molecule has 1 unspecified atom stereocenters. The van der Waals surface area contributed by atoms with E-state index < -0.39 is 0 Å². The van der Waals surface area contributed by atoms with Crippen molar-refractivity contribution in [3.05, 3.63) is 88.4 Å². The van der Waals surface area contributed by atoms with Gasteiger partial charge < -0.3 is 14.9 Å². The summed E-state index contributed by atoms with van der Waals surface area (Å²) in [5, 5.41) is 3.07. The third-order valence-electron chi connectivity index (χ3n) is 4.29. The van der Waals surface area contributed by atoms with Crippen LogP contribution in [0.25, 0.3) is 0 Å². The van der Waals surface area contributed by atoms with Gasteiger partial charge in [0.2, 0.25) is 5.56 Å². The molecule has 0 aliphatic rings. The number of imidazole rings is 1. The van der Waals surface area contributed by atoms with E-state index in [0.29, 0.717) is 12.0 Å². The van der Waals surface area contributed by atoms with Gasteiger partial charge in [-0.25, -0.2) is 4.98 Å². The molecule has 0 radical (unpaired) electrons. The molecule has 0 bridgehead atoms. The van der Waals surface area contributed by atoms with Crippen LogP contribution in [0, 0.1) is 0 Å². The molecule has 3 rings (SSSR count). The van der Waals surface area contributed by atoms with E-state index in [-0.39, 0.29) is 17.5 Å². The van der Waals surface area contributed by atoms with Gasteiger partial charge in [0.05, 0.1) is 12.4 Å². The lowest BCUT2D eigenvalue weighted by Crippen LogP contribution is -2.30. The van der Waals surface area contributed by atoms with Crippen molar-refractivity contribution >= 4 is 5.91 Å². The highest BCUT2D eigenvalue weighted by Crippen LogP contribution is 2.18. The Labute approximate surface area is 151 Å². The molecular weight excluding hydrogens is 328 g/mol. The van der Waals surface area contributed by atoms with Crippen molar-refractivity contribution in [3.8, 4) is 0 Å². The number of rotatable bonds is 7. The second-order valence-corrected chi connectivity index (χ2v) is 6.14. The van der Waals surface area contributed by atoms with Crippen molar-refractivity contribution in [1.82, 2.24) is 19.9 Å². The summed E-state index contributed by atoms with van der Waals surface area (Å²) in [5.74, 6) is -0.245. The Morgan fingerprint density at radius 1 is 1.27 bits per heavy atom. The second kappa shape index (κ2) is 8.29. The molecule has 0 fully saturated rings. The fourth-order valence-corrected chi connectivity index (χ4v) is 2.87. The number of hydrogen-bond acceptors (Lipinski definition) is 3. The van der Waals surface area contributed by atoms with Crippen LogP contribution in [0.3, 0.4) is 0 Å². The summed E-state index contributed by atoms with van der Waals surface area (Å²) < 4.78 is 1.98. The molecule has 6 heteroatoms. The lowest BCUT2D eigenvalue weighted by Gasteiger charge is -2.20. The third kappa shape index (κ3) is 4.47. The van der Waals surface area contributed by atoms with Crippen molar-refractivity contribution in [2.45, 2.75) is 32.4 Å². The average molecular weight is 350 g/mol. The molecule has 134 valence electrons. The van der Waals surface area contributed by atoms with Gasteiger partial charge in [0.25, 0.3) is 5.91 Å². The fraction of sp³-hybridized carbons (Fsp3) is 0.250. The Morgan fingerprint density at radius 3 is 2.77 bits per heavy atom. The van der Waals surface area contributed by atoms with E-state index in [2.05, 4.69) is 15.3 Å². The molecule has 1 amide bonds. The number of carbonyl (C=O) groups excluding carboxylic acids is 1. The molecular formula is C20H22N4O2. The maximum atomic E-state index is 12.7. The molecule has 2 N–H and O–H groups in total. The number of nitrogens with zero attached hydrogens (tertiary/aromatic N) is 2. The van der Waals surface area contributed by atoms with Crippen molar-refractivity contribution in [3.63, 3.8) is 0 Å². The third-order valence-corrected chi connectivity index (χ3v) is 4.29. The smallest absolute Gasteiger partial charge is 0.252 e. The number of hydrogen-bond donors (Lipinski definition) is 2. The van der Waals surface area contributed by atoms with Crippen LogP contribution in [0.15, 0.2) is 66.0 Å². The molecule has 0 spiro atoms. The number of aromatic nitrogens is 3. The van der Waals surface area contributed by atoms with Gasteiger partial charge in [-0.1, -0.05) is 37.3 Å². The number of benzene rings is 1. The molecule has 1 atom stereocenters. The molecule has 2 aromatic heterocycles. The van der Waals surface area contributed by atoms with Crippen LogP contribution in [-0.2, 0) is 13.0 Å². The Bertz CT molecular complexity index is 901. The molecule has 0 saturated carbocycles. The number of aromatic amines is 1. The predicted molar refractivity (Wildman–Crippen MR) is 99.9 cm³/mol. The molecule has 0 saturated heterocycles. The average Bonchev–Trinajstić information content (AvgIpc) is 3.18. The summed E-state index contributed by atoms with van der Waals surface area (Å²) in [6, 6.07) is 12.8. The fourth-order valence-electron chi connectivity index (χ4n) is 2.87. The second-order valence-electron chi connectivity index (χ2n) is 6.14. The summed E-state index contributed by atoms with van der Waals surface area (Å²) >= 11 is 0. The van der Waals surface area contributed by atoms with Crippen molar-refractivity contribution in [2.75, 3.05) is 0 Å². The van der Waals surface area contributed by atoms with Gasteiger partial charge in [0, 0.05) is 36.3 Å². The van der Waals surface area contributed by atoms with E-state index in [4.69, 9.17) is 0 Å². The Morgan fingerprint density at radius 2 is 2.08 bits per heavy atom. The maximum absolute atomic E-state index is 12.7. The van der Waals surface area contributed by atoms with Gasteiger partial charge >= 0.3 is 0 Å². The van der Waals surface area contributed by atoms with Gasteiger partial charge in [-0.15, -0.1) is 0 Å². The number of nitrogens with one attached hydrogen (secondary N) is 2. The number of H-pyrrole nitrogens is 1. The quantitative estimate of drug-likeness (QED) is 0.687. The van der Waals surface area contributed by atoms with E-state index >= 15 is 0 Å². The molecule has 3 aromatic rings. The molecule has 0 aliphatic heterocycles. The Balaban J connectivity index is 1.79. The number of amides is 1. The summed E-state index contributed by atoms with van der Waals surface area (Å²) in [4.78, 5) is 31.3. The standard InChI is InChI=1S/C20H22N4O2/c1-2-17-12-16(13-19(25)22-17)20(26)23-18(15-6-4-3-5-7-15)8-10-24-11-9-21-14-24/h3-7,9,11-14,18H,2,8,10H2,1H3,(H,22,25)(H,23,26). The molecule has 0 aliphatic carbocycles. The van der Waals surface area contributed by atoms with E-state index in [1.165, 1.54) is 6.07 Å². The van der Waals surface area contributed by atoms with E-state index in [1.807, 2.05) is 48.0 Å². The molecule has 26 heavy (non-hydrogen) atoms. The van der Waals surface area contributed by atoms with Crippen LogP contribution in [0.1, 0.15) is 41.0 Å². The molecule has 1 aromatic carbocycles. The Hall–Kier alpha value is -3.15. The zero-order chi connectivity index (χ0) is 18.4. The van der Waals surface area contributed by atoms with Crippen molar-refractivity contribution in [2.24, 2.45) is 0 Å². The lowest BCUT2D eigenvalue weighted by atomic mass is 10.0. The molecule has 6 nitrogen and oxygen atoms in total. The first-order valence-corrected chi connectivity index (χ1v) is 8.70. The minimum absolute atomic E-state index is 0.157. The monoisotopic (exact) mass is 350 g/mol. The first-order chi connectivity index (χ1) is 12.7. The van der Waals surface area contributed by atoms with Crippen LogP contribution in [-0.4, -0.2) is 20.4 Å². The highest BCUT2D eigenvalue weighted by Gasteiger charge is 2.16. The van der Waals surface area contributed by atoms with Gasteiger partial charge in [-0.3, -0.25) is 9.59 Å². The van der Waals surface area contributed by atoms with Crippen LogP contribution in [0.2, 0.25) is 0 Å². The van der Waals surface area contributed by atoms with Crippen molar-refractivity contribution < 1.29 is 4.79 Å². The number of aryl methyl sites for hydroxylation is 2. The van der Waals surface area contributed by atoms with E-state index in [1.54, 1.807) is 18.6 Å². The highest BCUT2D eigenvalue weighted by molar-refractivity contribution is 5.94. The summed E-state index contributed by atoms with van der Waals surface area (Å²) in [7, 11) is 0. The predicted octanol–water partition coefficient (Wildman–Crippen LogP) is 2.70. The lowest BCUT2D eigenvalue weighted by molar-refractivity contribution is 0.0933. The zero-order valence-corrected chi connectivity index (χ0v) is 14.7. The Kier molecular flexibility index (Phi) is 5.63. The van der Waals surface area contributed by atoms with Gasteiger partial charge in [-0.05, 0) is 24.5 Å². The van der Waals surface area contributed by atoms with Crippen LogP contribution < -0.4 is 10.9 Å². The highest BCUT2D eigenvalue weighted by atomic mass is 16.2. The zero-order valence-electron chi connectivity index (χ0n) is 14.7. The molecule has 2 heterocycles. The summed E-state index contributed by atoms with van der Waals surface area (Å²) in [5.41, 5.74) is 1.90. The van der Waals surface area contributed by atoms with Crippen LogP contribution >= 0.6 is 0 Å². The summed E-state index contributed by atoms with van der Waals surface area (Å²) in [6.07, 6.45) is 6.77. The minimum atomic E-state index is -0.260. The van der Waals surface area contributed by atoms with E-state index in [0.717, 1.165) is 24.2 Å². The summed E-state index contributed by atoms with van der Waals surface area (Å²) in [6.45, 7) is 2.67. The minimum Gasteiger partial charge on any atom is -0.345 e. The normalized spacial score (nSPS) is 11.9. The topological polar surface area (TPSA) is 79.8 Å².